The fraction of sp³-hybridized carbons (Fsp3) is 0.368. The molecule has 0 saturated heterocycles. The predicted molar refractivity (Wildman–Crippen MR) is 104 cm³/mol. The lowest BCUT2D eigenvalue weighted by atomic mass is 10.2. The Morgan fingerprint density at radius 3 is 2.78 bits per heavy atom. The van der Waals surface area contributed by atoms with Crippen molar-refractivity contribution in [3.8, 4) is 11.4 Å². The summed E-state index contributed by atoms with van der Waals surface area (Å²) in [4.78, 5) is 16.4. The van der Waals surface area contributed by atoms with E-state index >= 15 is 0 Å². The third-order valence-corrected chi connectivity index (χ3v) is 5.18. The van der Waals surface area contributed by atoms with Crippen LogP contribution < -0.4 is 5.32 Å². The van der Waals surface area contributed by atoms with E-state index in [4.69, 9.17) is 4.42 Å². The smallest absolute Gasteiger partial charge is 0.230 e. The molecule has 7 nitrogen and oxygen atoms in total. The molecule has 3 rings (SSSR count). The van der Waals surface area contributed by atoms with Crippen LogP contribution in [-0.4, -0.2) is 37.5 Å². The van der Waals surface area contributed by atoms with Crippen LogP contribution in [0.5, 0.6) is 0 Å². The first-order valence-corrected chi connectivity index (χ1v) is 9.98. The topological polar surface area (TPSA) is 85.8 Å². The molecule has 0 unspecified atom stereocenters. The van der Waals surface area contributed by atoms with Crippen molar-refractivity contribution < 1.29 is 9.21 Å². The molecule has 0 aliphatic heterocycles. The van der Waals surface area contributed by atoms with Crippen LogP contribution in [0.3, 0.4) is 0 Å². The van der Waals surface area contributed by atoms with Gasteiger partial charge >= 0.3 is 0 Å². The van der Waals surface area contributed by atoms with Crippen molar-refractivity contribution >= 4 is 17.7 Å². The molecule has 142 valence electrons. The van der Waals surface area contributed by atoms with Crippen LogP contribution >= 0.6 is 11.8 Å². The van der Waals surface area contributed by atoms with Gasteiger partial charge in [0.15, 0.2) is 11.0 Å². The van der Waals surface area contributed by atoms with Gasteiger partial charge < -0.3 is 9.73 Å². The molecule has 3 aromatic heterocycles. The number of aromatic nitrogens is 4. The molecule has 0 aromatic carbocycles. The first kappa shape index (κ1) is 19.2. The number of thioether (sulfide) groups is 1. The number of amides is 1. The predicted octanol–water partition coefficient (Wildman–Crippen LogP) is 3.38. The van der Waals surface area contributed by atoms with Gasteiger partial charge in [0.05, 0.1) is 18.6 Å². The summed E-state index contributed by atoms with van der Waals surface area (Å²) in [5.41, 5.74) is 0.866. The monoisotopic (exact) mass is 385 g/mol. The molecule has 3 heterocycles. The highest BCUT2D eigenvalue weighted by Gasteiger charge is 2.17. The summed E-state index contributed by atoms with van der Waals surface area (Å²) < 4.78 is 7.43. The molecule has 0 bridgehead atoms. The van der Waals surface area contributed by atoms with Gasteiger partial charge in [-0.25, -0.2) is 0 Å². The average Bonchev–Trinajstić information content (AvgIpc) is 3.35. The molecule has 0 aliphatic carbocycles. The second kappa shape index (κ2) is 9.36. The first-order valence-electron chi connectivity index (χ1n) is 8.99. The van der Waals surface area contributed by atoms with Gasteiger partial charge in [-0.15, -0.1) is 10.2 Å². The van der Waals surface area contributed by atoms with Crippen LogP contribution in [-0.2, 0) is 11.3 Å². The van der Waals surface area contributed by atoms with Crippen LogP contribution in [0, 0.1) is 0 Å². The Labute approximate surface area is 162 Å². The van der Waals surface area contributed by atoms with Crippen molar-refractivity contribution in [3.63, 3.8) is 0 Å². The highest BCUT2D eigenvalue weighted by Crippen LogP contribution is 2.24. The van der Waals surface area contributed by atoms with Gasteiger partial charge in [0.1, 0.15) is 5.76 Å². The van der Waals surface area contributed by atoms with E-state index in [0.717, 1.165) is 24.2 Å². The second-order valence-electron chi connectivity index (χ2n) is 6.08. The number of rotatable bonds is 9. The van der Waals surface area contributed by atoms with E-state index < -0.39 is 0 Å². The first-order chi connectivity index (χ1) is 13.2. The van der Waals surface area contributed by atoms with Crippen molar-refractivity contribution in [2.75, 3.05) is 5.75 Å². The molecule has 1 amide bonds. The minimum Gasteiger partial charge on any atom is -0.467 e. The zero-order valence-electron chi connectivity index (χ0n) is 15.5. The van der Waals surface area contributed by atoms with Crippen molar-refractivity contribution in [1.82, 2.24) is 25.1 Å². The Morgan fingerprint density at radius 1 is 1.26 bits per heavy atom. The van der Waals surface area contributed by atoms with Crippen LogP contribution in [0.25, 0.3) is 11.4 Å². The molecule has 0 radical (unpaired) electrons. The lowest BCUT2D eigenvalue weighted by Crippen LogP contribution is -2.35. The Kier molecular flexibility index (Phi) is 6.64. The van der Waals surface area contributed by atoms with Crippen molar-refractivity contribution in [1.29, 1.82) is 0 Å². The summed E-state index contributed by atoms with van der Waals surface area (Å²) >= 11 is 1.37. The third kappa shape index (κ3) is 4.97. The van der Waals surface area contributed by atoms with Gasteiger partial charge in [-0.3, -0.25) is 14.3 Å². The van der Waals surface area contributed by atoms with E-state index in [1.165, 1.54) is 11.8 Å². The van der Waals surface area contributed by atoms with Gasteiger partial charge in [-0.1, -0.05) is 25.6 Å². The van der Waals surface area contributed by atoms with Gasteiger partial charge in [-0.05, 0) is 37.1 Å². The fourth-order valence-electron chi connectivity index (χ4n) is 2.70. The van der Waals surface area contributed by atoms with E-state index in [1.54, 1.807) is 18.7 Å². The fourth-order valence-corrected chi connectivity index (χ4v) is 3.45. The van der Waals surface area contributed by atoms with Gasteiger partial charge in [0, 0.05) is 24.0 Å². The zero-order valence-corrected chi connectivity index (χ0v) is 16.3. The van der Waals surface area contributed by atoms with Gasteiger partial charge in [0.2, 0.25) is 5.91 Å². The molecule has 0 fully saturated rings. The summed E-state index contributed by atoms with van der Waals surface area (Å²) in [6.45, 7) is 4.63. The highest BCUT2D eigenvalue weighted by molar-refractivity contribution is 7.99. The summed E-state index contributed by atoms with van der Waals surface area (Å²) in [5, 5.41) is 12.3. The van der Waals surface area contributed by atoms with E-state index in [0.29, 0.717) is 23.3 Å². The Morgan fingerprint density at radius 2 is 2.11 bits per heavy atom. The quantitative estimate of drug-likeness (QED) is 0.568. The molecular formula is C19H23N5O2S. The average molecular weight is 385 g/mol. The Balaban J connectivity index is 1.78. The van der Waals surface area contributed by atoms with Crippen LogP contribution in [0.1, 0.15) is 32.4 Å². The zero-order chi connectivity index (χ0) is 19.1. The van der Waals surface area contributed by atoms with E-state index in [1.807, 2.05) is 28.8 Å². The molecule has 0 atom stereocenters. The number of hydrogen-bond donors (Lipinski definition) is 1. The summed E-state index contributed by atoms with van der Waals surface area (Å²) in [6.07, 6.45) is 6.95. The maximum Gasteiger partial charge on any atom is 0.230 e. The normalized spacial score (nSPS) is 11.1. The molecule has 0 aliphatic rings. The van der Waals surface area contributed by atoms with Crippen LogP contribution in [0.2, 0.25) is 0 Å². The summed E-state index contributed by atoms with van der Waals surface area (Å²) in [6, 6.07) is 7.76. The molecule has 3 aromatic rings. The largest absolute Gasteiger partial charge is 0.467 e. The number of nitrogens with zero attached hydrogens (tertiary/aromatic N) is 4. The standard InChI is InChI=1S/C19H23N5O2S/c1-3-15(4-2)21-17(25)13-27-19-23-22-18(14-7-5-9-20-11-14)24(19)12-16-8-6-10-26-16/h5-11,15H,3-4,12-13H2,1-2H3,(H,21,25). The molecule has 27 heavy (non-hydrogen) atoms. The molecule has 1 N–H and O–H groups in total. The molecule has 8 heteroatoms. The van der Waals surface area contributed by atoms with Gasteiger partial charge in [0.25, 0.3) is 0 Å². The number of furan rings is 1. The van der Waals surface area contributed by atoms with Crippen molar-refractivity contribution in [2.45, 2.75) is 44.4 Å². The van der Waals surface area contributed by atoms with E-state index in [-0.39, 0.29) is 11.9 Å². The number of nitrogens with one attached hydrogen (secondary N) is 1. The van der Waals surface area contributed by atoms with Gasteiger partial charge in [-0.2, -0.15) is 0 Å². The molecule has 0 spiro atoms. The molecule has 0 saturated carbocycles. The maximum absolute atomic E-state index is 12.2. The second-order valence-corrected chi connectivity index (χ2v) is 7.03. The Hall–Kier alpha value is -2.61. The maximum atomic E-state index is 12.2. The van der Waals surface area contributed by atoms with Crippen LogP contribution in [0.4, 0.5) is 0 Å². The summed E-state index contributed by atoms with van der Waals surface area (Å²) in [5.74, 6) is 1.79. The SMILES string of the molecule is CCC(CC)NC(=O)CSc1nnc(-c2cccnc2)n1Cc1ccco1. The number of hydrogen-bond acceptors (Lipinski definition) is 6. The minimum atomic E-state index is 0.00387. The Bertz CT molecular complexity index is 844. The third-order valence-electron chi connectivity index (χ3n) is 4.21. The lowest BCUT2D eigenvalue weighted by molar-refractivity contribution is -0.119. The summed E-state index contributed by atoms with van der Waals surface area (Å²) in [7, 11) is 0. The lowest BCUT2D eigenvalue weighted by Gasteiger charge is -2.14. The number of carbonyl (C=O) groups excluding carboxylic acids is 1. The molecular weight excluding hydrogens is 362 g/mol. The van der Waals surface area contributed by atoms with E-state index in [9.17, 15) is 4.79 Å². The highest BCUT2D eigenvalue weighted by atomic mass is 32.2. The number of pyridine rings is 1. The number of carbonyl (C=O) groups is 1. The van der Waals surface area contributed by atoms with E-state index in [2.05, 4.69) is 34.3 Å². The van der Waals surface area contributed by atoms with Crippen LogP contribution in [0.15, 0.2) is 52.5 Å². The van der Waals surface area contributed by atoms with Crippen molar-refractivity contribution in [2.24, 2.45) is 0 Å². The van der Waals surface area contributed by atoms with Crippen molar-refractivity contribution in [3.05, 3.63) is 48.7 Å². The minimum absolute atomic E-state index is 0.00387.